The molecule has 0 nitrogen and oxygen atoms in total. The molecule has 0 aliphatic heterocycles. The van der Waals surface area contributed by atoms with E-state index in [1.807, 2.05) is 0 Å². The predicted molar refractivity (Wildman–Crippen MR) is 82.9 cm³/mol. The van der Waals surface area contributed by atoms with E-state index < -0.39 is 0 Å². The van der Waals surface area contributed by atoms with Crippen molar-refractivity contribution < 1.29 is 0 Å². The van der Waals surface area contributed by atoms with Crippen LogP contribution in [0.5, 0.6) is 0 Å². The second-order valence-electron chi connectivity index (χ2n) is 7.25. The van der Waals surface area contributed by atoms with Crippen molar-refractivity contribution in [3.63, 3.8) is 0 Å². The van der Waals surface area contributed by atoms with Crippen molar-refractivity contribution in [3.8, 4) is 0 Å². The van der Waals surface area contributed by atoms with Crippen molar-refractivity contribution in [1.29, 1.82) is 0 Å². The summed E-state index contributed by atoms with van der Waals surface area (Å²) in [5.74, 6) is 1.04. The topological polar surface area (TPSA) is 0 Å². The zero-order chi connectivity index (χ0) is 12.4. The molecule has 0 saturated heterocycles. The van der Waals surface area contributed by atoms with Crippen LogP contribution in [0.4, 0.5) is 0 Å². The van der Waals surface area contributed by atoms with E-state index in [9.17, 15) is 0 Å². The molecule has 3 fully saturated rings. The average molecular weight is 266 g/mol. The van der Waals surface area contributed by atoms with Crippen LogP contribution in [0.3, 0.4) is 0 Å². The van der Waals surface area contributed by atoms with Gasteiger partial charge in [0.2, 0.25) is 0 Å². The summed E-state index contributed by atoms with van der Waals surface area (Å²) in [7, 11) is 0.392. The van der Waals surface area contributed by atoms with Gasteiger partial charge in [0.15, 0.2) is 0 Å². The average Bonchev–Trinajstić information content (AvgIpc) is 3.02. The fraction of sp³-hybridized carbons (Fsp3) is 1.00. The second kappa shape index (κ2) is 6.25. The fourth-order valence-electron chi connectivity index (χ4n) is 4.97. The molecular weight excluding hydrogens is 235 g/mol. The lowest BCUT2D eigenvalue weighted by Gasteiger charge is -2.40. The quantitative estimate of drug-likeness (QED) is 0.555. The third kappa shape index (κ3) is 2.95. The maximum atomic E-state index is 2.52. The third-order valence-electron chi connectivity index (χ3n) is 5.82. The highest BCUT2D eigenvalue weighted by atomic mass is 31.1. The number of hydrogen-bond acceptors (Lipinski definition) is 0. The molecule has 0 spiro atoms. The van der Waals surface area contributed by atoms with Gasteiger partial charge in [-0.2, -0.15) is 0 Å². The molecule has 104 valence electrons. The molecule has 3 aliphatic carbocycles. The monoisotopic (exact) mass is 266 g/mol. The molecule has 0 amide bonds. The molecule has 3 aliphatic rings. The summed E-state index contributed by atoms with van der Waals surface area (Å²) < 4.78 is 0. The van der Waals surface area contributed by atoms with E-state index in [0.717, 1.165) is 5.92 Å². The summed E-state index contributed by atoms with van der Waals surface area (Å²) in [5, 5.41) is 0. The van der Waals surface area contributed by atoms with Crippen LogP contribution in [0, 0.1) is 5.92 Å². The Kier molecular flexibility index (Phi) is 4.66. The molecule has 0 heterocycles. The van der Waals surface area contributed by atoms with Gasteiger partial charge in [-0.25, -0.2) is 0 Å². The molecule has 0 bridgehead atoms. The van der Waals surface area contributed by atoms with E-state index >= 15 is 0 Å². The first-order valence-electron chi connectivity index (χ1n) is 8.62. The molecule has 18 heavy (non-hydrogen) atoms. The second-order valence-corrected chi connectivity index (χ2v) is 10.3. The molecule has 2 atom stereocenters. The van der Waals surface area contributed by atoms with Crippen LogP contribution < -0.4 is 0 Å². The summed E-state index contributed by atoms with van der Waals surface area (Å²) in [6.45, 7) is 2.52. The number of rotatable bonds is 3. The molecule has 3 saturated carbocycles. The van der Waals surface area contributed by atoms with Crippen LogP contribution in [0.25, 0.3) is 0 Å². The minimum absolute atomic E-state index is 0.392. The molecule has 3 rings (SSSR count). The summed E-state index contributed by atoms with van der Waals surface area (Å²) in [6, 6.07) is 0. The molecule has 0 aromatic rings. The van der Waals surface area contributed by atoms with Gasteiger partial charge < -0.3 is 0 Å². The van der Waals surface area contributed by atoms with E-state index in [4.69, 9.17) is 0 Å². The third-order valence-corrected chi connectivity index (χ3v) is 9.85. The Morgan fingerprint density at radius 2 is 1.11 bits per heavy atom. The van der Waals surface area contributed by atoms with E-state index in [-0.39, 0.29) is 0 Å². The first-order chi connectivity index (χ1) is 8.84. The molecule has 1 heteroatoms. The molecule has 0 N–H and O–H groups in total. The molecule has 0 aromatic heterocycles. The van der Waals surface area contributed by atoms with Gasteiger partial charge in [-0.1, -0.05) is 53.4 Å². The van der Waals surface area contributed by atoms with Crippen molar-refractivity contribution in [2.75, 3.05) is 0 Å². The summed E-state index contributed by atoms with van der Waals surface area (Å²) in [6.07, 6.45) is 18.9. The van der Waals surface area contributed by atoms with E-state index in [0.29, 0.717) is 7.92 Å². The zero-order valence-corrected chi connectivity index (χ0v) is 13.1. The van der Waals surface area contributed by atoms with Crippen LogP contribution >= 0.6 is 7.92 Å². The van der Waals surface area contributed by atoms with Gasteiger partial charge in [0.25, 0.3) is 0 Å². The highest BCUT2D eigenvalue weighted by Crippen LogP contribution is 2.63. The lowest BCUT2D eigenvalue weighted by atomic mass is 9.90. The fourth-order valence-corrected chi connectivity index (χ4v) is 9.77. The SMILES string of the molecule is CC1CCCC(P(C2CCCC2)C2CCCC2)C1. The van der Waals surface area contributed by atoms with Crippen molar-refractivity contribution in [3.05, 3.63) is 0 Å². The largest absolute Gasteiger partial charge is 0.0971 e. The Labute approximate surface area is 115 Å². The minimum Gasteiger partial charge on any atom is -0.0971 e. The highest BCUT2D eigenvalue weighted by molar-refractivity contribution is 7.60. The molecule has 0 aromatic carbocycles. The summed E-state index contributed by atoms with van der Waals surface area (Å²) in [5.41, 5.74) is 3.56. The van der Waals surface area contributed by atoms with Gasteiger partial charge >= 0.3 is 0 Å². The van der Waals surface area contributed by atoms with Gasteiger partial charge in [-0.3, -0.25) is 0 Å². The Bertz CT molecular complexity index is 234. The number of hydrogen-bond donors (Lipinski definition) is 0. The van der Waals surface area contributed by atoms with Crippen molar-refractivity contribution in [1.82, 2.24) is 0 Å². The van der Waals surface area contributed by atoms with Crippen molar-refractivity contribution in [2.24, 2.45) is 5.92 Å². The minimum atomic E-state index is 0.392. The van der Waals surface area contributed by atoms with Gasteiger partial charge in [-0.05, 0) is 61.4 Å². The lowest BCUT2D eigenvalue weighted by Crippen LogP contribution is -2.25. The van der Waals surface area contributed by atoms with Gasteiger partial charge in [-0.15, -0.1) is 0 Å². The first kappa shape index (κ1) is 13.4. The summed E-state index contributed by atoms with van der Waals surface area (Å²) in [4.78, 5) is 0. The van der Waals surface area contributed by atoms with Crippen LogP contribution in [-0.2, 0) is 0 Å². The maximum Gasteiger partial charge on any atom is -0.0202 e. The smallest absolute Gasteiger partial charge is 0.0202 e. The zero-order valence-electron chi connectivity index (χ0n) is 12.2. The Hall–Kier alpha value is 0.430. The Balaban J connectivity index is 1.70. The van der Waals surface area contributed by atoms with Gasteiger partial charge in [0.05, 0.1) is 0 Å². The summed E-state index contributed by atoms with van der Waals surface area (Å²) >= 11 is 0. The molecule has 0 radical (unpaired) electrons. The molecular formula is C17H31P. The van der Waals surface area contributed by atoms with Crippen LogP contribution in [0.1, 0.15) is 84.0 Å². The van der Waals surface area contributed by atoms with Crippen molar-refractivity contribution >= 4 is 7.92 Å². The van der Waals surface area contributed by atoms with Crippen LogP contribution in [-0.4, -0.2) is 17.0 Å². The van der Waals surface area contributed by atoms with Crippen molar-refractivity contribution in [2.45, 2.75) is 101 Å². The maximum absolute atomic E-state index is 2.52. The van der Waals surface area contributed by atoms with Crippen LogP contribution in [0.15, 0.2) is 0 Å². The predicted octanol–water partition coefficient (Wildman–Crippen LogP) is 5.93. The van der Waals surface area contributed by atoms with Gasteiger partial charge in [0, 0.05) is 0 Å². The first-order valence-corrected chi connectivity index (χ1v) is 10.2. The normalized spacial score (nSPS) is 35.7. The lowest BCUT2D eigenvalue weighted by molar-refractivity contribution is 0.388. The van der Waals surface area contributed by atoms with E-state index in [2.05, 4.69) is 6.92 Å². The Morgan fingerprint density at radius 1 is 0.611 bits per heavy atom. The van der Waals surface area contributed by atoms with E-state index in [1.165, 1.54) is 23.4 Å². The van der Waals surface area contributed by atoms with Crippen LogP contribution in [0.2, 0.25) is 0 Å². The highest BCUT2D eigenvalue weighted by Gasteiger charge is 2.38. The van der Waals surface area contributed by atoms with E-state index in [1.54, 1.807) is 70.6 Å². The van der Waals surface area contributed by atoms with Gasteiger partial charge in [0.1, 0.15) is 0 Å². The Morgan fingerprint density at radius 3 is 1.61 bits per heavy atom. The molecule has 2 unspecified atom stereocenters. The standard InChI is InChI=1S/C17H31P/c1-14-7-6-12-17(13-14)18(15-8-2-3-9-15)16-10-4-5-11-16/h14-17H,2-13H2,1H3.